The number of aryl methyl sites for hydroxylation is 1. The number of piperidine rings is 1. The van der Waals surface area contributed by atoms with Crippen LogP contribution in [0.15, 0.2) is 47.0 Å². The summed E-state index contributed by atoms with van der Waals surface area (Å²) in [6, 6.07) is 13.0. The molecule has 0 N–H and O–H groups in total. The van der Waals surface area contributed by atoms with E-state index in [4.69, 9.17) is 18.7 Å². The lowest BCUT2D eigenvalue weighted by Crippen LogP contribution is -2.38. The van der Waals surface area contributed by atoms with Crippen LogP contribution in [0.2, 0.25) is 0 Å². The Morgan fingerprint density at radius 1 is 1.06 bits per heavy atom. The Kier molecular flexibility index (Phi) is 6.58. The lowest BCUT2D eigenvalue weighted by molar-refractivity contribution is 0.0710. The lowest BCUT2D eigenvalue weighted by Gasteiger charge is -2.30. The minimum Gasteiger partial charge on any atom is -0.493 e. The van der Waals surface area contributed by atoms with E-state index in [1.165, 1.54) is 5.56 Å². The summed E-state index contributed by atoms with van der Waals surface area (Å²) >= 11 is 0. The Hall–Kier alpha value is -3.55. The molecule has 1 fully saturated rings. The number of benzene rings is 2. The zero-order valence-corrected chi connectivity index (χ0v) is 18.5. The summed E-state index contributed by atoms with van der Waals surface area (Å²) in [5.74, 6) is 3.15. The number of likely N-dealkylation sites (tertiary alicyclic amines) is 1. The van der Waals surface area contributed by atoms with Crippen LogP contribution in [-0.4, -0.2) is 48.3 Å². The minimum atomic E-state index is -0.0234. The predicted molar refractivity (Wildman–Crippen MR) is 117 cm³/mol. The number of hydrogen-bond donors (Lipinski definition) is 0. The van der Waals surface area contributed by atoms with Crippen molar-refractivity contribution in [3.8, 4) is 17.2 Å². The van der Waals surface area contributed by atoms with Crippen LogP contribution in [0, 0.1) is 6.92 Å². The van der Waals surface area contributed by atoms with Gasteiger partial charge in [-0.3, -0.25) is 4.79 Å². The molecule has 168 valence electrons. The highest BCUT2D eigenvalue weighted by Crippen LogP contribution is 2.30. The van der Waals surface area contributed by atoms with Gasteiger partial charge in [-0.05, 0) is 50.1 Å². The van der Waals surface area contributed by atoms with Crippen LogP contribution in [0.1, 0.15) is 46.4 Å². The molecular formula is C24H27N3O5. The van der Waals surface area contributed by atoms with Gasteiger partial charge < -0.3 is 23.6 Å². The van der Waals surface area contributed by atoms with Crippen molar-refractivity contribution in [2.45, 2.75) is 32.3 Å². The number of methoxy groups -OCH3 is 2. The highest BCUT2D eigenvalue weighted by Gasteiger charge is 2.28. The molecule has 1 aliphatic rings. The van der Waals surface area contributed by atoms with E-state index in [1.54, 1.807) is 32.4 Å². The molecule has 1 amide bonds. The zero-order valence-electron chi connectivity index (χ0n) is 18.5. The summed E-state index contributed by atoms with van der Waals surface area (Å²) in [6.45, 7) is 3.51. The maximum atomic E-state index is 12.9. The third-order valence-electron chi connectivity index (χ3n) is 5.64. The van der Waals surface area contributed by atoms with E-state index in [0.717, 1.165) is 18.6 Å². The average molecular weight is 437 g/mol. The summed E-state index contributed by atoms with van der Waals surface area (Å²) in [6.07, 6.45) is 1.55. The molecule has 8 nitrogen and oxygen atoms in total. The number of rotatable bonds is 7. The maximum absolute atomic E-state index is 12.9. The average Bonchev–Trinajstić information content (AvgIpc) is 3.32. The Balaban J connectivity index is 1.32. The fourth-order valence-electron chi connectivity index (χ4n) is 3.76. The molecule has 2 heterocycles. The van der Waals surface area contributed by atoms with Crippen LogP contribution in [-0.2, 0) is 6.61 Å². The van der Waals surface area contributed by atoms with E-state index in [9.17, 15) is 4.79 Å². The summed E-state index contributed by atoms with van der Waals surface area (Å²) in [7, 11) is 3.13. The first-order chi connectivity index (χ1) is 15.6. The van der Waals surface area contributed by atoms with Crippen molar-refractivity contribution in [2.24, 2.45) is 0 Å². The second kappa shape index (κ2) is 9.72. The van der Waals surface area contributed by atoms with Gasteiger partial charge in [0, 0.05) is 24.6 Å². The van der Waals surface area contributed by atoms with E-state index in [0.29, 0.717) is 41.9 Å². The van der Waals surface area contributed by atoms with Crippen LogP contribution in [0.3, 0.4) is 0 Å². The smallest absolute Gasteiger partial charge is 0.264 e. The van der Waals surface area contributed by atoms with Gasteiger partial charge in [0.15, 0.2) is 23.9 Å². The monoisotopic (exact) mass is 437 g/mol. The number of nitrogens with zero attached hydrogens (tertiary/aromatic N) is 3. The molecule has 1 aromatic heterocycles. The third-order valence-corrected chi connectivity index (χ3v) is 5.64. The van der Waals surface area contributed by atoms with Gasteiger partial charge in [0.2, 0.25) is 0 Å². The van der Waals surface area contributed by atoms with E-state index in [1.807, 2.05) is 36.1 Å². The van der Waals surface area contributed by atoms with Gasteiger partial charge in [-0.25, -0.2) is 0 Å². The van der Waals surface area contributed by atoms with Crippen molar-refractivity contribution < 1.29 is 23.5 Å². The second-order valence-corrected chi connectivity index (χ2v) is 7.78. The fourth-order valence-corrected chi connectivity index (χ4v) is 3.76. The first kappa shape index (κ1) is 21.7. The topological polar surface area (TPSA) is 86.9 Å². The van der Waals surface area contributed by atoms with Gasteiger partial charge in [-0.15, -0.1) is 0 Å². The lowest BCUT2D eigenvalue weighted by atomic mass is 9.95. The van der Waals surface area contributed by atoms with Gasteiger partial charge in [-0.1, -0.05) is 22.9 Å². The highest BCUT2D eigenvalue weighted by atomic mass is 16.5. The van der Waals surface area contributed by atoms with Crippen LogP contribution < -0.4 is 14.2 Å². The molecule has 1 saturated heterocycles. The minimum absolute atomic E-state index is 0.0234. The van der Waals surface area contributed by atoms with E-state index in [2.05, 4.69) is 10.1 Å². The summed E-state index contributed by atoms with van der Waals surface area (Å²) in [4.78, 5) is 19.3. The van der Waals surface area contributed by atoms with Crippen LogP contribution >= 0.6 is 0 Å². The number of amides is 1. The first-order valence-corrected chi connectivity index (χ1v) is 10.6. The largest absolute Gasteiger partial charge is 0.493 e. The summed E-state index contributed by atoms with van der Waals surface area (Å²) in [5, 5.41) is 4.14. The molecule has 0 radical (unpaired) electrons. The first-order valence-electron chi connectivity index (χ1n) is 10.6. The van der Waals surface area contributed by atoms with Crippen molar-refractivity contribution >= 4 is 5.91 Å². The van der Waals surface area contributed by atoms with Gasteiger partial charge in [0.05, 0.1) is 14.2 Å². The van der Waals surface area contributed by atoms with E-state index < -0.39 is 0 Å². The molecule has 8 heteroatoms. The predicted octanol–water partition coefficient (Wildman–Crippen LogP) is 3.99. The SMILES string of the molecule is COc1ccc(C(=O)N2CCC(c3noc(COc4ccc(C)cc4)n3)CC2)cc1OC. The molecule has 2 aromatic carbocycles. The normalized spacial score (nSPS) is 14.3. The molecule has 0 spiro atoms. The molecule has 0 saturated carbocycles. The van der Waals surface area contributed by atoms with Crippen molar-refractivity contribution in [1.82, 2.24) is 15.0 Å². The molecular weight excluding hydrogens is 410 g/mol. The molecule has 1 aliphatic heterocycles. The Labute approximate surface area is 187 Å². The van der Waals surface area contributed by atoms with Crippen molar-refractivity contribution in [3.05, 3.63) is 65.3 Å². The number of carbonyl (C=O) groups excluding carboxylic acids is 1. The Bertz CT molecular complexity index is 1060. The molecule has 4 rings (SSSR count). The highest BCUT2D eigenvalue weighted by molar-refractivity contribution is 5.95. The third kappa shape index (κ3) is 4.85. The van der Waals surface area contributed by atoms with Crippen molar-refractivity contribution in [3.63, 3.8) is 0 Å². The standard InChI is InChI=1S/C24H27N3O5/c1-16-4-7-19(8-5-16)31-15-22-25-23(26-32-22)17-10-12-27(13-11-17)24(28)18-6-9-20(29-2)21(14-18)30-3/h4-9,14,17H,10-13,15H2,1-3H3. The molecule has 3 aromatic rings. The van der Waals surface area contributed by atoms with E-state index >= 15 is 0 Å². The molecule has 0 bridgehead atoms. The Morgan fingerprint density at radius 2 is 1.78 bits per heavy atom. The summed E-state index contributed by atoms with van der Waals surface area (Å²) in [5.41, 5.74) is 1.75. The molecule has 32 heavy (non-hydrogen) atoms. The van der Waals surface area contributed by atoms with Crippen molar-refractivity contribution in [2.75, 3.05) is 27.3 Å². The molecule has 0 atom stereocenters. The number of ether oxygens (including phenoxy) is 3. The zero-order chi connectivity index (χ0) is 22.5. The van der Waals surface area contributed by atoms with Gasteiger partial charge in [-0.2, -0.15) is 4.98 Å². The number of carbonyl (C=O) groups is 1. The molecule has 0 unspecified atom stereocenters. The molecule has 0 aliphatic carbocycles. The van der Waals surface area contributed by atoms with Crippen molar-refractivity contribution in [1.29, 1.82) is 0 Å². The van der Waals surface area contributed by atoms with Gasteiger partial charge in [0.1, 0.15) is 5.75 Å². The van der Waals surface area contributed by atoms with Gasteiger partial charge >= 0.3 is 0 Å². The van der Waals surface area contributed by atoms with Crippen LogP contribution in [0.4, 0.5) is 0 Å². The fraction of sp³-hybridized carbons (Fsp3) is 0.375. The van der Waals surface area contributed by atoms with E-state index in [-0.39, 0.29) is 18.4 Å². The number of aromatic nitrogens is 2. The maximum Gasteiger partial charge on any atom is 0.264 e. The quantitative estimate of drug-likeness (QED) is 0.552. The van der Waals surface area contributed by atoms with Crippen LogP contribution in [0.25, 0.3) is 0 Å². The second-order valence-electron chi connectivity index (χ2n) is 7.78. The summed E-state index contributed by atoms with van der Waals surface area (Å²) < 4.78 is 21.6. The Morgan fingerprint density at radius 3 is 2.47 bits per heavy atom. The van der Waals surface area contributed by atoms with Crippen LogP contribution in [0.5, 0.6) is 17.2 Å². The number of hydrogen-bond acceptors (Lipinski definition) is 7. The van der Waals surface area contributed by atoms with Gasteiger partial charge in [0.25, 0.3) is 11.8 Å².